The molecule has 1 saturated heterocycles. The van der Waals surface area contributed by atoms with Crippen LogP contribution < -0.4 is 10.1 Å². The second-order valence-electron chi connectivity index (χ2n) is 7.59. The molecule has 0 saturated carbocycles. The third kappa shape index (κ3) is 4.63. The van der Waals surface area contributed by atoms with Gasteiger partial charge in [0.05, 0.1) is 31.0 Å². The van der Waals surface area contributed by atoms with E-state index in [2.05, 4.69) is 25.2 Å². The molecule has 0 spiro atoms. The van der Waals surface area contributed by atoms with Gasteiger partial charge in [0.2, 0.25) is 5.91 Å². The highest BCUT2D eigenvalue weighted by molar-refractivity contribution is 6.29. The van der Waals surface area contributed by atoms with Crippen molar-refractivity contribution in [2.24, 2.45) is 0 Å². The van der Waals surface area contributed by atoms with Crippen LogP contribution >= 0.6 is 24.0 Å². The average molecular weight is 476 g/mol. The van der Waals surface area contributed by atoms with Gasteiger partial charge in [0.25, 0.3) is 0 Å². The molecule has 168 valence electrons. The number of pyridine rings is 1. The Morgan fingerprint density at radius 1 is 1.19 bits per heavy atom. The summed E-state index contributed by atoms with van der Waals surface area (Å²) in [5.41, 5.74) is 2.14. The lowest BCUT2D eigenvalue weighted by Crippen LogP contribution is -2.37. The van der Waals surface area contributed by atoms with Gasteiger partial charge in [0.1, 0.15) is 29.0 Å². The van der Waals surface area contributed by atoms with E-state index in [1.165, 1.54) is 6.33 Å². The maximum atomic E-state index is 12.7. The average Bonchev–Trinajstić information content (AvgIpc) is 3.11. The summed E-state index contributed by atoms with van der Waals surface area (Å²) in [5.74, 6) is 0.511. The van der Waals surface area contributed by atoms with Gasteiger partial charge in [-0.25, -0.2) is 15.0 Å². The third-order valence-corrected chi connectivity index (χ3v) is 5.82. The Hall–Kier alpha value is -2.52. The lowest BCUT2D eigenvalue weighted by molar-refractivity contribution is -0.116. The predicted octanol–water partition coefficient (Wildman–Crippen LogP) is 3.29. The van der Waals surface area contributed by atoms with Crippen LogP contribution in [0.5, 0.6) is 5.75 Å². The molecule has 32 heavy (non-hydrogen) atoms. The van der Waals surface area contributed by atoms with Crippen LogP contribution in [0.2, 0.25) is 5.15 Å². The summed E-state index contributed by atoms with van der Waals surface area (Å²) in [6.45, 7) is 5.20. The van der Waals surface area contributed by atoms with Crippen molar-refractivity contribution in [2.45, 2.75) is 12.3 Å². The van der Waals surface area contributed by atoms with Crippen LogP contribution in [-0.2, 0) is 9.53 Å². The molecule has 1 amide bonds. The van der Waals surface area contributed by atoms with Gasteiger partial charge in [-0.2, -0.15) is 0 Å². The summed E-state index contributed by atoms with van der Waals surface area (Å²) in [5, 5.41) is 3.94. The number of nitrogens with zero attached hydrogens (tertiary/aromatic N) is 4. The van der Waals surface area contributed by atoms with Gasteiger partial charge in [-0.15, -0.1) is 12.4 Å². The van der Waals surface area contributed by atoms with Crippen molar-refractivity contribution in [3.63, 3.8) is 0 Å². The summed E-state index contributed by atoms with van der Waals surface area (Å²) in [6.07, 6.45) is 2.43. The number of fused-ring (bicyclic) bond motifs is 2. The molecule has 10 heteroatoms. The molecule has 1 N–H and O–H groups in total. The first-order valence-corrected chi connectivity index (χ1v) is 10.7. The van der Waals surface area contributed by atoms with Crippen molar-refractivity contribution in [3.05, 3.63) is 53.1 Å². The molecule has 2 aliphatic heterocycles. The molecule has 2 aliphatic rings. The largest absolute Gasteiger partial charge is 0.493 e. The molecule has 1 aromatic carbocycles. The Balaban J connectivity index is 0.00000245. The molecule has 8 nitrogen and oxygen atoms in total. The van der Waals surface area contributed by atoms with E-state index in [1.807, 2.05) is 24.3 Å². The third-order valence-electron chi connectivity index (χ3n) is 5.61. The summed E-state index contributed by atoms with van der Waals surface area (Å²) in [6, 6.07) is 9.20. The predicted molar refractivity (Wildman–Crippen MR) is 124 cm³/mol. The molecular formula is C22H23Cl2N5O3. The van der Waals surface area contributed by atoms with Crippen LogP contribution in [0.1, 0.15) is 23.6 Å². The fraction of sp³-hybridized carbons (Fsp3) is 0.364. The van der Waals surface area contributed by atoms with Crippen molar-refractivity contribution in [2.75, 3.05) is 44.8 Å². The Morgan fingerprint density at radius 3 is 2.88 bits per heavy atom. The number of anilines is 1. The SMILES string of the molecule is Cl.O=C1Nc2nc(Cl)ccc2C1c1ncnc2cc(OCCCN3CCOCC3)ccc12. The number of amides is 1. The Morgan fingerprint density at radius 2 is 2.03 bits per heavy atom. The molecule has 1 fully saturated rings. The first-order valence-electron chi connectivity index (χ1n) is 10.3. The van der Waals surface area contributed by atoms with E-state index < -0.39 is 5.92 Å². The van der Waals surface area contributed by atoms with E-state index in [-0.39, 0.29) is 18.3 Å². The maximum Gasteiger partial charge on any atom is 0.239 e. The Labute approximate surface area is 196 Å². The maximum absolute atomic E-state index is 12.7. The van der Waals surface area contributed by atoms with E-state index >= 15 is 0 Å². The highest BCUT2D eigenvalue weighted by Crippen LogP contribution is 2.38. The standard InChI is InChI=1S/C22H22ClN5O3.ClH/c23-18-5-4-16-19(22(29)27-21(16)26-18)20-15-3-2-14(12-17(15)24-13-25-20)31-9-1-6-28-7-10-30-11-8-28;/h2-5,12-13,19H,1,6-11H2,(H,26,27,29);1H. The van der Waals surface area contributed by atoms with Gasteiger partial charge >= 0.3 is 0 Å². The van der Waals surface area contributed by atoms with Crippen molar-refractivity contribution in [1.29, 1.82) is 0 Å². The van der Waals surface area contributed by atoms with E-state index in [0.29, 0.717) is 23.3 Å². The zero-order valence-corrected chi connectivity index (χ0v) is 18.9. The zero-order valence-electron chi connectivity index (χ0n) is 17.3. The van der Waals surface area contributed by atoms with Crippen molar-refractivity contribution < 1.29 is 14.3 Å². The molecule has 4 heterocycles. The smallest absolute Gasteiger partial charge is 0.239 e. The van der Waals surface area contributed by atoms with Gasteiger partial charge in [-0.05, 0) is 24.6 Å². The quantitative estimate of drug-likeness (QED) is 0.432. The Kier molecular flexibility index (Phi) is 7.05. The monoisotopic (exact) mass is 475 g/mol. The number of morpholine rings is 1. The fourth-order valence-corrected chi connectivity index (χ4v) is 4.21. The number of ether oxygens (including phenoxy) is 2. The lowest BCUT2D eigenvalue weighted by atomic mass is 9.95. The minimum atomic E-state index is -0.550. The van der Waals surface area contributed by atoms with E-state index in [4.69, 9.17) is 21.1 Å². The highest BCUT2D eigenvalue weighted by atomic mass is 35.5. The number of hydrogen-bond acceptors (Lipinski definition) is 7. The molecule has 5 rings (SSSR count). The summed E-state index contributed by atoms with van der Waals surface area (Å²) >= 11 is 5.96. The first kappa shape index (κ1) is 22.7. The van der Waals surface area contributed by atoms with Crippen LogP contribution in [0, 0.1) is 0 Å². The molecule has 2 aromatic heterocycles. The van der Waals surface area contributed by atoms with E-state index in [0.717, 1.165) is 61.5 Å². The molecule has 0 aliphatic carbocycles. The van der Waals surface area contributed by atoms with Gasteiger partial charge in [0, 0.05) is 36.7 Å². The number of nitrogens with one attached hydrogen (secondary N) is 1. The first-order chi connectivity index (χ1) is 15.2. The fourth-order valence-electron chi connectivity index (χ4n) is 4.06. The number of benzene rings is 1. The Bertz CT molecular complexity index is 1120. The van der Waals surface area contributed by atoms with Crippen LogP contribution in [0.25, 0.3) is 10.9 Å². The van der Waals surface area contributed by atoms with Crippen LogP contribution in [0.15, 0.2) is 36.7 Å². The molecular weight excluding hydrogens is 453 g/mol. The number of rotatable bonds is 6. The van der Waals surface area contributed by atoms with Crippen LogP contribution in [0.4, 0.5) is 5.82 Å². The van der Waals surface area contributed by atoms with E-state index in [1.54, 1.807) is 6.07 Å². The van der Waals surface area contributed by atoms with Gasteiger partial charge < -0.3 is 14.8 Å². The zero-order chi connectivity index (χ0) is 21.2. The van der Waals surface area contributed by atoms with Crippen molar-refractivity contribution in [1.82, 2.24) is 19.9 Å². The van der Waals surface area contributed by atoms with Crippen molar-refractivity contribution in [3.8, 4) is 5.75 Å². The summed E-state index contributed by atoms with van der Waals surface area (Å²) in [7, 11) is 0. The molecule has 1 atom stereocenters. The number of halogens is 2. The van der Waals surface area contributed by atoms with Gasteiger partial charge in [0.15, 0.2) is 0 Å². The van der Waals surface area contributed by atoms with Crippen LogP contribution in [0.3, 0.4) is 0 Å². The number of carbonyl (C=O) groups excluding carboxylic acids is 1. The molecule has 0 bridgehead atoms. The second-order valence-corrected chi connectivity index (χ2v) is 7.98. The number of carbonyl (C=O) groups is 1. The lowest BCUT2D eigenvalue weighted by Gasteiger charge is -2.26. The van der Waals surface area contributed by atoms with Gasteiger partial charge in [-0.3, -0.25) is 9.69 Å². The van der Waals surface area contributed by atoms with Crippen LogP contribution in [-0.4, -0.2) is 65.2 Å². The minimum absolute atomic E-state index is 0. The summed E-state index contributed by atoms with van der Waals surface area (Å²) < 4.78 is 11.3. The molecule has 0 radical (unpaired) electrons. The second kappa shape index (κ2) is 9.95. The molecule has 1 unspecified atom stereocenters. The highest BCUT2D eigenvalue weighted by Gasteiger charge is 2.35. The van der Waals surface area contributed by atoms with Gasteiger partial charge in [-0.1, -0.05) is 17.7 Å². The number of hydrogen-bond donors (Lipinski definition) is 1. The van der Waals surface area contributed by atoms with E-state index in [9.17, 15) is 4.79 Å². The molecule has 3 aromatic rings. The topological polar surface area (TPSA) is 89.5 Å². The number of aromatic nitrogens is 3. The van der Waals surface area contributed by atoms with Crippen molar-refractivity contribution >= 4 is 46.6 Å². The summed E-state index contributed by atoms with van der Waals surface area (Å²) in [4.78, 5) is 28.1. The normalized spacial score (nSPS) is 18.2. The minimum Gasteiger partial charge on any atom is -0.493 e.